The SMILES string of the molecule is COc1ccc(C(C#N)C=O)cc1C. The molecule has 0 N–H and O–H groups in total. The summed E-state index contributed by atoms with van der Waals surface area (Å²) in [6.45, 7) is 1.88. The number of hydrogen-bond donors (Lipinski definition) is 0. The minimum atomic E-state index is -0.681. The van der Waals surface area contributed by atoms with Crippen LogP contribution in [0.5, 0.6) is 5.75 Å². The molecular weight excluding hydrogens is 178 g/mol. The molecule has 0 spiro atoms. The van der Waals surface area contributed by atoms with Crippen molar-refractivity contribution in [2.75, 3.05) is 7.11 Å². The third kappa shape index (κ3) is 1.91. The Hall–Kier alpha value is -1.82. The van der Waals surface area contributed by atoms with E-state index >= 15 is 0 Å². The van der Waals surface area contributed by atoms with Gasteiger partial charge in [-0.05, 0) is 24.1 Å². The number of methoxy groups -OCH3 is 1. The highest BCUT2D eigenvalue weighted by Gasteiger charge is 2.10. The topological polar surface area (TPSA) is 50.1 Å². The fourth-order valence-electron chi connectivity index (χ4n) is 1.28. The third-order valence-electron chi connectivity index (χ3n) is 2.05. The maximum absolute atomic E-state index is 10.5. The van der Waals surface area contributed by atoms with E-state index in [-0.39, 0.29) is 0 Å². The maximum Gasteiger partial charge on any atom is 0.141 e. The van der Waals surface area contributed by atoms with Crippen molar-refractivity contribution in [3.8, 4) is 11.8 Å². The summed E-state index contributed by atoms with van der Waals surface area (Å²) in [6, 6.07) is 7.21. The van der Waals surface area contributed by atoms with Crippen LogP contribution in [0.3, 0.4) is 0 Å². The lowest BCUT2D eigenvalue weighted by molar-refractivity contribution is -0.108. The molecule has 0 aromatic heterocycles. The zero-order valence-electron chi connectivity index (χ0n) is 8.15. The van der Waals surface area contributed by atoms with Crippen molar-refractivity contribution in [3.63, 3.8) is 0 Å². The Bertz CT molecular complexity index is 379. The summed E-state index contributed by atoms with van der Waals surface area (Å²) < 4.78 is 5.08. The van der Waals surface area contributed by atoms with Gasteiger partial charge in [-0.2, -0.15) is 5.26 Å². The van der Waals surface area contributed by atoms with E-state index in [0.717, 1.165) is 11.3 Å². The van der Waals surface area contributed by atoms with Gasteiger partial charge in [0.1, 0.15) is 18.0 Å². The van der Waals surface area contributed by atoms with E-state index in [4.69, 9.17) is 10.00 Å². The molecule has 1 atom stereocenters. The molecule has 1 rings (SSSR count). The first kappa shape index (κ1) is 10.3. The van der Waals surface area contributed by atoms with Gasteiger partial charge >= 0.3 is 0 Å². The van der Waals surface area contributed by atoms with Crippen LogP contribution < -0.4 is 4.74 Å². The summed E-state index contributed by atoms with van der Waals surface area (Å²) in [5, 5.41) is 8.68. The van der Waals surface area contributed by atoms with Gasteiger partial charge in [-0.15, -0.1) is 0 Å². The smallest absolute Gasteiger partial charge is 0.141 e. The summed E-state index contributed by atoms with van der Waals surface area (Å²) in [6.07, 6.45) is 0.640. The van der Waals surface area contributed by atoms with E-state index < -0.39 is 5.92 Å². The first-order valence-corrected chi connectivity index (χ1v) is 4.22. The second kappa shape index (κ2) is 4.43. The van der Waals surface area contributed by atoms with Crippen molar-refractivity contribution in [2.24, 2.45) is 0 Å². The lowest BCUT2D eigenvalue weighted by Gasteiger charge is -2.07. The van der Waals surface area contributed by atoms with Gasteiger partial charge in [-0.1, -0.05) is 12.1 Å². The van der Waals surface area contributed by atoms with Crippen LogP contribution in [0.15, 0.2) is 18.2 Å². The monoisotopic (exact) mass is 189 g/mol. The maximum atomic E-state index is 10.5. The summed E-state index contributed by atoms with van der Waals surface area (Å²) in [5.41, 5.74) is 1.63. The predicted molar refractivity (Wildman–Crippen MR) is 52.1 cm³/mol. The van der Waals surface area contributed by atoms with Gasteiger partial charge in [0.2, 0.25) is 0 Å². The summed E-state index contributed by atoms with van der Waals surface area (Å²) >= 11 is 0. The number of carbonyl (C=O) groups is 1. The van der Waals surface area contributed by atoms with Crippen molar-refractivity contribution in [3.05, 3.63) is 29.3 Å². The lowest BCUT2D eigenvalue weighted by Crippen LogP contribution is -1.98. The van der Waals surface area contributed by atoms with Crippen molar-refractivity contribution >= 4 is 6.29 Å². The van der Waals surface area contributed by atoms with Crippen LogP contribution in [0.25, 0.3) is 0 Å². The Balaban J connectivity index is 3.08. The van der Waals surface area contributed by atoms with Gasteiger partial charge in [0.05, 0.1) is 13.2 Å². The molecule has 1 unspecified atom stereocenters. The quantitative estimate of drug-likeness (QED) is 0.681. The Kier molecular flexibility index (Phi) is 3.24. The van der Waals surface area contributed by atoms with E-state index in [1.165, 1.54) is 0 Å². The lowest BCUT2D eigenvalue weighted by atomic mass is 10.00. The van der Waals surface area contributed by atoms with Gasteiger partial charge in [-0.25, -0.2) is 0 Å². The molecule has 3 heteroatoms. The van der Waals surface area contributed by atoms with Crippen molar-refractivity contribution in [1.29, 1.82) is 5.26 Å². The fourth-order valence-corrected chi connectivity index (χ4v) is 1.28. The number of rotatable bonds is 3. The number of nitriles is 1. The normalized spacial score (nSPS) is 11.5. The van der Waals surface area contributed by atoms with Crippen LogP contribution in [0.2, 0.25) is 0 Å². The molecule has 0 bridgehead atoms. The summed E-state index contributed by atoms with van der Waals surface area (Å²) in [7, 11) is 1.59. The molecule has 0 saturated heterocycles. The zero-order chi connectivity index (χ0) is 10.6. The molecule has 0 fully saturated rings. The predicted octanol–water partition coefficient (Wildman–Crippen LogP) is 1.81. The highest BCUT2D eigenvalue weighted by Crippen LogP contribution is 2.22. The average Bonchev–Trinajstić information content (AvgIpc) is 2.20. The molecule has 72 valence electrons. The Morgan fingerprint density at radius 2 is 2.29 bits per heavy atom. The molecule has 0 aliphatic rings. The highest BCUT2D eigenvalue weighted by molar-refractivity contribution is 5.66. The van der Waals surface area contributed by atoms with Crippen LogP contribution in [0.1, 0.15) is 17.0 Å². The number of aryl methyl sites for hydroxylation is 1. The van der Waals surface area contributed by atoms with Crippen LogP contribution in [-0.4, -0.2) is 13.4 Å². The number of aldehydes is 1. The van der Waals surface area contributed by atoms with Crippen molar-refractivity contribution < 1.29 is 9.53 Å². The molecule has 14 heavy (non-hydrogen) atoms. The number of nitrogens with zero attached hydrogens (tertiary/aromatic N) is 1. The van der Waals surface area contributed by atoms with Gasteiger partial charge in [-0.3, -0.25) is 0 Å². The molecular formula is C11H11NO2. The first-order valence-electron chi connectivity index (χ1n) is 4.22. The Labute approximate surface area is 82.9 Å². The minimum Gasteiger partial charge on any atom is -0.496 e. The van der Waals surface area contributed by atoms with Crippen LogP contribution in [0, 0.1) is 18.3 Å². The van der Waals surface area contributed by atoms with Crippen molar-refractivity contribution in [1.82, 2.24) is 0 Å². The van der Waals surface area contributed by atoms with E-state index in [1.807, 2.05) is 13.0 Å². The molecule has 0 amide bonds. The number of hydrogen-bond acceptors (Lipinski definition) is 3. The molecule has 0 aliphatic carbocycles. The largest absolute Gasteiger partial charge is 0.496 e. The van der Waals surface area contributed by atoms with E-state index in [1.54, 1.807) is 25.3 Å². The second-order valence-corrected chi connectivity index (χ2v) is 2.97. The Morgan fingerprint density at radius 1 is 1.57 bits per heavy atom. The summed E-state index contributed by atoms with van der Waals surface area (Å²) in [4.78, 5) is 10.5. The molecule has 1 aromatic rings. The molecule has 0 aliphatic heterocycles. The minimum absolute atomic E-state index is 0.640. The highest BCUT2D eigenvalue weighted by atomic mass is 16.5. The van der Waals surface area contributed by atoms with Crippen molar-refractivity contribution in [2.45, 2.75) is 12.8 Å². The van der Waals surface area contributed by atoms with E-state index in [9.17, 15) is 4.79 Å². The molecule has 3 nitrogen and oxygen atoms in total. The zero-order valence-corrected chi connectivity index (χ0v) is 8.15. The Morgan fingerprint density at radius 3 is 2.71 bits per heavy atom. The molecule has 0 radical (unpaired) electrons. The van der Waals surface area contributed by atoms with Gasteiger partial charge in [0.25, 0.3) is 0 Å². The average molecular weight is 189 g/mol. The fraction of sp³-hybridized carbons (Fsp3) is 0.273. The van der Waals surface area contributed by atoms with Gasteiger partial charge in [0.15, 0.2) is 0 Å². The van der Waals surface area contributed by atoms with Crippen LogP contribution >= 0.6 is 0 Å². The number of carbonyl (C=O) groups excluding carboxylic acids is 1. The molecule has 0 saturated carbocycles. The third-order valence-corrected chi connectivity index (χ3v) is 2.05. The molecule has 0 heterocycles. The van der Waals surface area contributed by atoms with Crippen LogP contribution in [0.4, 0.5) is 0 Å². The van der Waals surface area contributed by atoms with E-state index in [0.29, 0.717) is 11.8 Å². The first-order chi connectivity index (χ1) is 6.72. The van der Waals surface area contributed by atoms with E-state index in [2.05, 4.69) is 0 Å². The van der Waals surface area contributed by atoms with Crippen LogP contribution in [-0.2, 0) is 4.79 Å². The van der Waals surface area contributed by atoms with Gasteiger partial charge < -0.3 is 9.53 Å². The second-order valence-electron chi connectivity index (χ2n) is 2.97. The number of benzene rings is 1. The summed E-state index contributed by atoms with van der Waals surface area (Å²) in [5.74, 6) is 0.0796. The number of ether oxygens (including phenoxy) is 1. The molecule has 1 aromatic carbocycles. The van der Waals surface area contributed by atoms with Gasteiger partial charge in [0, 0.05) is 0 Å². The standard InChI is InChI=1S/C11H11NO2/c1-8-5-9(10(6-12)7-13)3-4-11(8)14-2/h3-5,7,10H,1-2H3.